The molecule has 1 heterocycles. The van der Waals surface area contributed by atoms with E-state index >= 15 is 0 Å². The molecule has 1 aliphatic rings. The van der Waals surface area contributed by atoms with Crippen molar-refractivity contribution in [2.45, 2.75) is 51.4 Å². The predicted molar refractivity (Wildman–Crippen MR) is 99.8 cm³/mol. The lowest BCUT2D eigenvalue weighted by atomic mass is 10.0. The number of hydrogen-bond acceptors (Lipinski definition) is 2. The van der Waals surface area contributed by atoms with Crippen LogP contribution >= 0.6 is 0 Å². The molecule has 0 atom stereocenters. The van der Waals surface area contributed by atoms with E-state index in [-0.39, 0.29) is 0 Å². The molecule has 0 aromatic heterocycles. The molecular formula is C22H28O2. The van der Waals surface area contributed by atoms with Crippen LogP contribution in [0.1, 0.15) is 51.4 Å². The van der Waals surface area contributed by atoms with Gasteiger partial charge in [-0.15, -0.1) is 0 Å². The SMILES string of the molecule is c1ccc2c(c1)OCCCCCCCCCCOc1ccccc1-2. The van der Waals surface area contributed by atoms with Crippen molar-refractivity contribution in [2.24, 2.45) is 0 Å². The summed E-state index contributed by atoms with van der Waals surface area (Å²) in [5, 5.41) is 0. The van der Waals surface area contributed by atoms with Gasteiger partial charge in [0.1, 0.15) is 11.5 Å². The van der Waals surface area contributed by atoms with Crippen LogP contribution in [0.3, 0.4) is 0 Å². The summed E-state index contributed by atoms with van der Waals surface area (Å²) in [6.07, 6.45) is 10.1. The number of hydrogen-bond donors (Lipinski definition) is 0. The predicted octanol–water partition coefficient (Wildman–Crippen LogP) is 6.25. The van der Waals surface area contributed by atoms with E-state index in [4.69, 9.17) is 9.47 Å². The first-order valence-electron chi connectivity index (χ1n) is 9.39. The second-order valence-electron chi connectivity index (χ2n) is 6.52. The lowest BCUT2D eigenvalue weighted by Crippen LogP contribution is -2.02. The van der Waals surface area contributed by atoms with Crippen LogP contribution in [0, 0.1) is 0 Å². The van der Waals surface area contributed by atoms with Crippen LogP contribution in [0.25, 0.3) is 11.1 Å². The quantitative estimate of drug-likeness (QED) is 0.570. The van der Waals surface area contributed by atoms with Gasteiger partial charge in [0.05, 0.1) is 13.2 Å². The Bertz CT molecular complexity index is 565. The smallest absolute Gasteiger partial charge is 0.127 e. The Morgan fingerprint density at radius 2 is 0.833 bits per heavy atom. The number of rotatable bonds is 0. The van der Waals surface area contributed by atoms with Crippen molar-refractivity contribution in [3.05, 3.63) is 48.5 Å². The maximum Gasteiger partial charge on any atom is 0.127 e. The third-order valence-electron chi connectivity index (χ3n) is 4.62. The first kappa shape index (κ1) is 16.9. The second-order valence-corrected chi connectivity index (χ2v) is 6.52. The van der Waals surface area contributed by atoms with Crippen molar-refractivity contribution >= 4 is 0 Å². The fourth-order valence-corrected chi connectivity index (χ4v) is 3.26. The molecule has 128 valence electrons. The monoisotopic (exact) mass is 324 g/mol. The molecule has 0 aliphatic carbocycles. The highest BCUT2D eigenvalue weighted by atomic mass is 16.5. The third-order valence-corrected chi connectivity index (χ3v) is 4.62. The fraction of sp³-hybridized carbons (Fsp3) is 0.455. The highest BCUT2D eigenvalue weighted by molar-refractivity contribution is 5.75. The van der Waals surface area contributed by atoms with E-state index in [1.165, 1.54) is 38.5 Å². The van der Waals surface area contributed by atoms with Crippen molar-refractivity contribution in [2.75, 3.05) is 13.2 Å². The zero-order chi connectivity index (χ0) is 16.5. The molecule has 0 bridgehead atoms. The Kier molecular flexibility index (Phi) is 6.59. The van der Waals surface area contributed by atoms with Crippen molar-refractivity contribution < 1.29 is 9.47 Å². The Hall–Kier alpha value is -1.96. The van der Waals surface area contributed by atoms with Crippen LogP contribution in [-0.4, -0.2) is 13.2 Å². The number of para-hydroxylation sites is 2. The van der Waals surface area contributed by atoms with Crippen LogP contribution in [0.4, 0.5) is 0 Å². The minimum atomic E-state index is 0.792. The normalized spacial score (nSPS) is 17.0. The van der Waals surface area contributed by atoms with Gasteiger partial charge in [-0.3, -0.25) is 0 Å². The molecule has 2 nitrogen and oxygen atoms in total. The summed E-state index contributed by atoms with van der Waals surface area (Å²) in [6, 6.07) is 16.6. The maximum absolute atomic E-state index is 6.09. The van der Waals surface area contributed by atoms with Gasteiger partial charge in [0.25, 0.3) is 0 Å². The summed E-state index contributed by atoms with van der Waals surface area (Å²) < 4.78 is 12.2. The fourth-order valence-electron chi connectivity index (χ4n) is 3.26. The largest absolute Gasteiger partial charge is 0.493 e. The summed E-state index contributed by atoms with van der Waals surface area (Å²) in [5.74, 6) is 1.92. The van der Waals surface area contributed by atoms with Crippen molar-refractivity contribution in [1.82, 2.24) is 0 Å². The lowest BCUT2D eigenvalue weighted by molar-refractivity contribution is 0.298. The Morgan fingerprint density at radius 3 is 1.29 bits per heavy atom. The topological polar surface area (TPSA) is 18.5 Å². The highest BCUT2D eigenvalue weighted by Crippen LogP contribution is 2.36. The average molecular weight is 324 g/mol. The van der Waals surface area contributed by atoms with E-state index in [0.717, 1.165) is 48.7 Å². The van der Waals surface area contributed by atoms with E-state index in [9.17, 15) is 0 Å². The molecule has 2 aromatic rings. The Labute approximate surface area is 145 Å². The second kappa shape index (κ2) is 9.36. The van der Waals surface area contributed by atoms with E-state index in [0.29, 0.717) is 0 Å². The molecule has 0 radical (unpaired) electrons. The molecule has 0 unspecified atom stereocenters. The molecule has 0 amide bonds. The number of benzene rings is 2. The molecular weight excluding hydrogens is 296 g/mol. The molecule has 3 rings (SSSR count). The van der Waals surface area contributed by atoms with Gasteiger partial charge in [0.15, 0.2) is 0 Å². The van der Waals surface area contributed by atoms with E-state index in [1.54, 1.807) is 0 Å². The molecule has 24 heavy (non-hydrogen) atoms. The van der Waals surface area contributed by atoms with Crippen LogP contribution in [-0.2, 0) is 0 Å². The molecule has 0 N–H and O–H groups in total. The van der Waals surface area contributed by atoms with E-state index < -0.39 is 0 Å². The third kappa shape index (κ3) is 4.77. The number of ether oxygens (including phenoxy) is 2. The molecule has 1 aliphatic heterocycles. The minimum absolute atomic E-state index is 0.792. The van der Waals surface area contributed by atoms with Gasteiger partial charge in [-0.1, -0.05) is 74.9 Å². The van der Waals surface area contributed by atoms with Crippen molar-refractivity contribution in [3.63, 3.8) is 0 Å². The number of fused-ring (bicyclic) bond motifs is 3. The summed E-state index contributed by atoms with van der Waals surface area (Å²) >= 11 is 0. The first-order chi connectivity index (χ1) is 11.9. The maximum atomic E-state index is 6.09. The zero-order valence-corrected chi connectivity index (χ0v) is 14.5. The molecule has 0 saturated heterocycles. The molecule has 0 fully saturated rings. The van der Waals surface area contributed by atoms with Crippen LogP contribution in [0.2, 0.25) is 0 Å². The average Bonchev–Trinajstić information content (AvgIpc) is 2.62. The minimum Gasteiger partial charge on any atom is -0.493 e. The van der Waals surface area contributed by atoms with Gasteiger partial charge in [0, 0.05) is 11.1 Å². The van der Waals surface area contributed by atoms with Crippen molar-refractivity contribution in [3.8, 4) is 22.6 Å². The van der Waals surface area contributed by atoms with E-state index in [1.807, 2.05) is 12.1 Å². The molecule has 0 spiro atoms. The highest BCUT2D eigenvalue weighted by Gasteiger charge is 2.11. The van der Waals surface area contributed by atoms with E-state index in [2.05, 4.69) is 36.4 Å². The summed E-state index contributed by atoms with van der Waals surface area (Å²) in [6.45, 7) is 1.58. The lowest BCUT2D eigenvalue weighted by Gasteiger charge is -2.16. The van der Waals surface area contributed by atoms with Crippen LogP contribution < -0.4 is 9.47 Å². The molecule has 2 heteroatoms. The zero-order valence-electron chi connectivity index (χ0n) is 14.5. The summed E-state index contributed by atoms with van der Waals surface area (Å²) in [7, 11) is 0. The van der Waals surface area contributed by atoms with Gasteiger partial charge in [0.2, 0.25) is 0 Å². The van der Waals surface area contributed by atoms with Gasteiger partial charge in [-0.2, -0.15) is 0 Å². The van der Waals surface area contributed by atoms with Gasteiger partial charge in [-0.05, 0) is 25.0 Å². The summed E-state index contributed by atoms with van der Waals surface area (Å²) in [5.41, 5.74) is 2.25. The Balaban J connectivity index is 1.82. The van der Waals surface area contributed by atoms with Crippen LogP contribution in [0.5, 0.6) is 11.5 Å². The Morgan fingerprint density at radius 1 is 0.458 bits per heavy atom. The standard InChI is InChI=1S/C22H28O2/c1-2-4-6-12-18-24-22-16-10-8-14-20(22)19-13-7-9-15-21(19)23-17-11-5-3-1/h7-10,13-16H,1-6,11-12,17-18H2. The van der Waals surface area contributed by atoms with Gasteiger partial charge < -0.3 is 9.47 Å². The van der Waals surface area contributed by atoms with Gasteiger partial charge >= 0.3 is 0 Å². The molecule has 2 aromatic carbocycles. The molecule has 0 saturated carbocycles. The summed E-state index contributed by atoms with van der Waals surface area (Å²) in [4.78, 5) is 0. The van der Waals surface area contributed by atoms with Crippen LogP contribution in [0.15, 0.2) is 48.5 Å². The first-order valence-corrected chi connectivity index (χ1v) is 9.39. The van der Waals surface area contributed by atoms with Crippen molar-refractivity contribution in [1.29, 1.82) is 0 Å². The van der Waals surface area contributed by atoms with Gasteiger partial charge in [-0.25, -0.2) is 0 Å².